The Morgan fingerprint density at radius 1 is 1.26 bits per heavy atom. The van der Waals surface area contributed by atoms with Crippen LogP contribution in [0.4, 0.5) is 0 Å². The first-order chi connectivity index (χ1) is 8.95. The van der Waals surface area contributed by atoms with Crippen molar-refractivity contribution in [3.05, 3.63) is 0 Å². The van der Waals surface area contributed by atoms with Gasteiger partial charge >= 0.3 is 0 Å². The molecule has 0 aromatic carbocycles. The van der Waals surface area contributed by atoms with Crippen LogP contribution in [0.25, 0.3) is 0 Å². The normalized spacial score (nSPS) is 16.1. The van der Waals surface area contributed by atoms with Gasteiger partial charge in [0.15, 0.2) is 0 Å². The predicted molar refractivity (Wildman–Crippen MR) is 70.1 cm³/mol. The summed E-state index contributed by atoms with van der Waals surface area (Å²) in [5.74, 6) is -0.357. The second-order valence-corrected chi connectivity index (χ2v) is 4.87. The molecule has 3 N–H and O–H groups in total. The maximum absolute atomic E-state index is 11.8. The lowest BCUT2D eigenvalue weighted by atomic mass is 9.95. The number of likely N-dealkylation sites (tertiary alicyclic amines) is 1. The zero-order valence-electron chi connectivity index (χ0n) is 11.5. The van der Waals surface area contributed by atoms with Gasteiger partial charge in [0.05, 0.1) is 13.1 Å². The average Bonchev–Trinajstić information content (AvgIpc) is 2.43. The molecule has 0 atom stereocenters. The van der Waals surface area contributed by atoms with Crippen LogP contribution in [0.3, 0.4) is 0 Å². The van der Waals surface area contributed by atoms with Gasteiger partial charge in [-0.25, -0.2) is 0 Å². The highest BCUT2D eigenvalue weighted by atomic mass is 16.2. The first-order valence-corrected chi connectivity index (χ1v) is 6.41. The van der Waals surface area contributed by atoms with Crippen LogP contribution < -0.4 is 11.1 Å². The van der Waals surface area contributed by atoms with Gasteiger partial charge in [-0.1, -0.05) is 0 Å². The van der Waals surface area contributed by atoms with Gasteiger partial charge < -0.3 is 20.9 Å². The topological polar surface area (TPSA) is 95.7 Å². The Morgan fingerprint density at radius 3 is 2.32 bits per heavy atom. The number of nitrogens with one attached hydrogen (secondary N) is 1. The van der Waals surface area contributed by atoms with Crippen LogP contribution in [0.2, 0.25) is 0 Å². The van der Waals surface area contributed by atoms with E-state index in [9.17, 15) is 14.4 Å². The summed E-state index contributed by atoms with van der Waals surface area (Å²) < 4.78 is 0. The molecule has 3 amide bonds. The molecule has 7 heteroatoms. The fraction of sp³-hybridized carbons (Fsp3) is 0.750. The van der Waals surface area contributed by atoms with Gasteiger partial charge in [-0.15, -0.1) is 0 Å². The van der Waals surface area contributed by atoms with Crippen LogP contribution in [0.1, 0.15) is 12.8 Å². The monoisotopic (exact) mass is 270 g/mol. The molecule has 1 saturated heterocycles. The van der Waals surface area contributed by atoms with Gasteiger partial charge in [-0.05, 0) is 12.8 Å². The number of hydrogen-bond acceptors (Lipinski definition) is 4. The Morgan fingerprint density at radius 2 is 1.84 bits per heavy atom. The number of nitrogens with zero attached hydrogens (tertiary/aromatic N) is 2. The third kappa shape index (κ3) is 4.51. The molecule has 7 nitrogen and oxygen atoms in total. The number of amides is 3. The molecule has 1 rings (SSSR count). The minimum absolute atomic E-state index is 0.00215. The van der Waals surface area contributed by atoms with E-state index in [0.717, 1.165) is 0 Å². The third-order valence-corrected chi connectivity index (χ3v) is 3.26. The SMILES string of the molecule is CN(C)C(=O)C1CCN(C(=O)CNC(=O)CN)CC1. The summed E-state index contributed by atoms with van der Waals surface area (Å²) in [4.78, 5) is 37.8. The zero-order valence-corrected chi connectivity index (χ0v) is 11.5. The highest BCUT2D eigenvalue weighted by Crippen LogP contribution is 2.18. The van der Waals surface area contributed by atoms with Gasteiger partial charge in [0.25, 0.3) is 0 Å². The van der Waals surface area contributed by atoms with Crippen LogP contribution in [0.5, 0.6) is 0 Å². The van der Waals surface area contributed by atoms with Crippen molar-refractivity contribution in [2.24, 2.45) is 11.7 Å². The van der Waals surface area contributed by atoms with Crippen molar-refractivity contribution in [2.75, 3.05) is 40.3 Å². The van der Waals surface area contributed by atoms with E-state index in [1.54, 1.807) is 23.9 Å². The van der Waals surface area contributed by atoms with Crippen molar-refractivity contribution in [1.82, 2.24) is 15.1 Å². The molecule has 108 valence electrons. The van der Waals surface area contributed by atoms with Crippen molar-refractivity contribution in [2.45, 2.75) is 12.8 Å². The summed E-state index contributed by atoms with van der Waals surface area (Å²) in [6, 6.07) is 0. The third-order valence-electron chi connectivity index (χ3n) is 3.26. The molecule has 1 fully saturated rings. The fourth-order valence-corrected chi connectivity index (χ4v) is 2.10. The van der Waals surface area contributed by atoms with E-state index in [0.29, 0.717) is 25.9 Å². The van der Waals surface area contributed by atoms with Gasteiger partial charge in [0, 0.05) is 33.1 Å². The van der Waals surface area contributed by atoms with Gasteiger partial charge in [-0.2, -0.15) is 0 Å². The molecule has 0 unspecified atom stereocenters. The molecular formula is C12H22N4O3. The lowest BCUT2D eigenvalue weighted by Gasteiger charge is -2.32. The number of hydrogen-bond donors (Lipinski definition) is 2. The lowest BCUT2D eigenvalue weighted by molar-refractivity contribution is -0.139. The zero-order chi connectivity index (χ0) is 14.4. The lowest BCUT2D eigenvalue weighted by Crippen LogP contribution is -2.46. The van der Waals surface area contributed by atoms with Gasteiger partial charge in [0.1, 0.15) is 0 Å². The number of piperidine rings is 1. The Bertz CT molecular complexity index is 349. The molecule has 0 spiro atoms. The molecule has 1 aliphatic rings. The Labute approximate surface area is 113 Å². The number of rotatable bonds is 4. The van der Waals surface area contributed by atoms with E-state index in [1.807, 2.05) is 0 Å². The van der Waals surface area contributed by atoms with Crippen molar-refractivity contribution in [3.63, 3.8) is 0 Å². The van der Waals surface area contributed by atoms with E-state index in [2.05, 4.69) is 5.32 Å². The highest BCUT2D eigenvalue weighted by Gasteiger charge is 2.27. The number of carbonyl (C=O) groups excluding carboxylic acids is 3. The first kappa shape index (κ1) is 15.4. The van der Waals surface area contributed by atoms with E-state index >= 15 is 0 Å². The first-order valence-electron chi connectivity index (χ1n) is 6.41. The van der Waals surface area contributed by atoms with Crippen LogP contribution in [-0.2, 0) is 14.4 Å². The molecule has 0 radical (unpaired) electrons. The van der Waals surface area contributed by atoms with Crippen LogP contribution in [0.15, 0.2) is 0 Å². The molecule has 19 heavy (non-hydrogen) atoms. The maximum Gasteiger partial charge on any atom is 0.241 e. The minimum atomic E-state index is -0.342. The van der Waals surface area contributed by atoms with E-state index in [4.69, 9.17) is 5.73 Å². The second-order valence-electron chi connectivity index (χ2n) is 4.87. The number of nitrogens with two attached hydrogens (primary N) is 1. The summed E-state index contributed by atoms with van der Waals surface area (Å²) in [5.41, 5.74) is 5.14. The Hall–Kier alpha value is -1.63. The molecule has 1 aliphatic heterocycles. The smallest absolute Gasteiger partial charge is 0.241 e. The van der Waals surface area contributed by atoms with Crippen LogP contribution >= 0.6 is 0 Å². The van der Waals surface area contributed by atoms with E-state index in [-0.39, 0.29) is 36.7 Å². The van der Waals surface area contributed by atoms with E-state index in [1.165, 1.54) is 0 Å². The standard InChI is InChI=1S/C12H22N4O3/c1-15(2)12(19)9-3-5-16(6-4-9)11(18)8-14-10(17)7-13/h9H,3-8,13H2,1-2H3,(H,14,17). The van der Waals surface area contributed by atoms with Crippen molar-refractivity contribution < 1.29 is 14.4 Å². The summed E-state index contributed by atoms with van der Waals surface area (Å²) >= 11 is 0. The minimum Gasteiger partial charge on any atom is -0.349 e. The largest absolute Gasteiger partial charge is 0.349 e. The van der Waals surface area contributed by atoms with Crippen LogP contribution in [0, 0.1) is 5.92 Å². The van der Waals surface area contributed by atoms with Crippen molar-refractivity contribution in [3.8, 4) is 0 Å². The molecule has 0 saturated carbocycles. The molecule has 0 aromatic rings. The quantitative estimate of drug-likeness (QED) is 0.642. The summed E-state index contributed by atoms with van der Waals surface area (Å²) in [6.45, 7) is 0.970. The maximum atomic E-state index is 11.8. The summed E-state index contributed by atoms with van der Waals surface area (Å²) in [5, 5.41) is 2.45. The Kier molecular flexibility index (Phi) is 5.75. The summed E-state index contributed by atoms with van der Waals surface area (Å²) in [6.07, 6.45) is 1.35. The number of carbonyl (C=O) groups is 3. The molecular weight excluding hydrogens is 248 g/mol. The van der Waals surface area contributed by atoms with Crippen molar-refractivity contribution in [1.29, 1.82) is 0 Å². The van der Waals surface area contributed by atoms with Gasteiger partial charge in [0.2, 0.25) is 17.7 Å². The van der Waals surface area contributed by atoms with Gasteiger partial charge in [-0.3, -0.25) is 14.4 Å². The molecule has 0 bridgehead atoms. The predicted octanol–water partition coefficient (Wildman–Crippen LogP) is -1.61. The van der Waals surface area contributed by atoms with Crippen molar-refractivity contribution >= 4 is 17.7 Å². The molecule has 0 aromatic heterocycles. The molecule has 0 aliphatic carbocycles. The van der Waals surface area contributed by atoms with Crippen LogP contribution in [-0.4, -0.2) is 67.8 Å². The fourth-order valence-electron chi connectivity index (χ4n) is 2.10. The van der Waals surface area contributed by atoms with E-state index < -0.39 is 0 Å². The molecule has 1 heterocycles. The summed E-state index contributed by atoms with van der Waals surface area (Å²) in [7, 11) is 3.48. The Balaban J connectivity index is 2.35. The average molecular weight is 270 g/mol. The second kappa shape index (κ2) is 7.08. The highest BCUT2D eigenvalue weighted by molar-refractivity contribution is 5.85.